The maximum Gasteiger partial charge on any atom is 0.472 e. The predicted octanol–water partition coefficient (Wildman–Crippen LogP) is 20.3. The van der Waals surface area contributed by atoms with E-state index < -0.39 is 20.0 Å². The van der Waals surface area contributed by atoms with Crippen LogP contribution in [0.25, 0.3) is 0 Å². The molecule has 0 aromatic carbocycles. The van der Waals surface area contributed by atoms with Gasteiger partial charge in [0, 0.05) is 12.8 Å². The summed E-state index contributed by atoms with van der Waals surface area (Å²) >= 11 is 0. The number of carbonyl (C=O) groups excluding carboxylic acids is 2. The van der Waals surface area contributed by atoms with Gasteiger partial charge in [-0.05, 0) is 109 Å². The number of allylic oxidation sites excluding steroid dienone is 15. The minimum Gasteiger partial charge on any atom is -0.456 e. The van der Waals surface area contributed by atoms with Crippen molar-refractivity contribution in [3.8, 4) is 0 Å². The van der Waals surface area contributed by atoms with Crippen molar-refractivity contribution in [2.75, 3.05) is 40.9 Å². The van der Waals surface area contributed by atoms with Gasteiger partial charge >= 0.3 is 13.8 Å². The molecule has 3 atom stereocenters. The number of phosphoric acid groups is 1. The fraction of sp³-hybridized carbons (Fsp3) is 0.739. The number of ether oxygens (including phenoxy) is 1. The Morgan fingerprint density at radius 3 is 1.24 bits per heavy atom. The van der Waals surface area contributed by atoms with E-state index in [2.05, 4.69) is 111 Å². The van der Waals surface area contributed by atoms with Crippen molar-refractivity contribution in [2.24, 2.45) is 0 Å². The lowest BCUT2D eigenvalue weighted by Gasteiger charge is -2.27. The Hall–Kier alpha value is -3.07. The Kier molecular flexibility index (Phi) is 55.9. The van der Waals surface area contributed by atoms with Crippen LogP contribution >= 0.6 is 7.82 Å². The van der Waals surface area contributed by atoms with Crippen molar-refractivity contribution in [2.45, 2.75) is 290 Å². The number of hydrogen-bond acceptors (Lipinski definition) is 6. The van der Waals surface area contributed by atoms with Gasteiger partial charge in [0.1, 0.15) is 19.3 Å². The average molecular weight is 1120 g/mol. The smallest absolute Gasteiger partial charge is 0.456 e. The maximum absolute atomic E-state index is 13.6. The Labute approximate surface area is 488 Å². The molecule has 0 radical (unpaired) electrons. The second-order valence-corrected chi connectivity index (χ2v) is 24.4. The standard InChI is InChI=1S/C69H123N2O7P/c1-7-10-13-16-19-22-25-27-29-31-33-35-37-39-41-43-46-49-52-55-58-61-68(72)70-66(65-77-79(74,75)76-64-63-71(4,5)6)67(60-57-54-51-48-45-24-21-18-15-12-9-3)78-69(73)62-59-56-53-50-47-44-42-40-38-36-34-32-30-28-26-23-20-17-14-11-8-2/h11,14,20,23,27-30,34,36,40,42,47,50,57,60,66-67H,7-10,12-13,15-19,21-22,24-26,31-33,35,37-39,41,43-46,48-49,51-56,58-59,61-65H2,1-6H3,(H-,70,72,74,75)/p+1/b14-11-,23-20-,29-27+,30-28-,36-34-,42-40-,50-47-,60-57+. The lowest BCUT2D eigenvalue weighted by Crippen LogP contribution is -2.47. The molecule has 0 aliphatic carbocycles. The van der Waals surface area contributed by atoms with Gasteiger partial charge in [-0.15, -0.1) is 0 Å². The molecule has 0 aromatic heterocycles. The first-order valence-corrected chi connectivity index (χ1v) is 34.1. The van der Waals surface area contributed by atoms with E-state index in [1.165, 1.54) is 148 Å². The van der Waals surface area contributed by atoms with Crippen LogP contribution in [0.15, 0.2) is 97.2 Å². The highest BCUT2D eigenvalue weighted by Gasteiger charge is 2.30. The largest absolute Gasteiger partial charge is 0.472 e. The number of esters is 1. The average Bonchev–Trinajstić information content (AvgIpc) is 3.41. The van der Waals surface area contributed by atoms with Crippen LogP contribution in [-0.4, -0.2) is 74.3 Å². The van der Waals surface area contributed by atoms with Crippen LogP contribution in [0.5, 0.6) is 0 Å². The van der Waals surface area contributed by atoms with Crippen molar-refractivity contribution in [1.82, 2.24) is 5.32 Å². The predicted molar refractivity (Wildman–Crippen MR) is 341 cm³/mol. The quantitative estimate of drug-likeness (QED) is 0.0205. The number of likely N-dealkylation sites (N-methyl/N-ethyl adjacent to an activating group) is 1. The molecule has 0 aromatic rings. The van der Waals surface area contributed by atoms with E-state index in [0.717, 1.165) is 89.9 Å². The number of unbranched alkanes of at least 4 members (excludes halogenated alkanes) is 28. The van der Waals surface area contributed by atoms with E-state index >= 15 is 0 Å². The lowest BCUT2D eigenvalue weighted by atomic mass is 10.0. The third-order valence-electron chi connectivity index (χ3n) is 14.0. The van der Waals surface area contributed by atoms with E-state index in [4.69, 9.17) is 13.8 Å². The minimum atomic E-state index is -4.46. The SMILES string of the molecule is CC/C=C\C/C=C\C/C=C\C/C=C\C/C=C\C/C=C\CCCCC(=O)OC(/C=C/CCCCCCCCCCC)C(COP(=O)(O)OCC[N+](C)(C)C)NC(=O)CCCCCCCCCCCCC/C=C/CCCCCCCC. The highest BCUT2D eigenvalue weighted by molar-refractivity contribution is 7.47. The zero-order valence-electron chi connectivity index (χ0n) is 52.1. The van der Waals surface area contributed by atoms with Gasteiger partial charge in [-0.1, -0.05) is 253 Å². The van der Waals surface area contributed by atoms with Gasteiger partial charge in [0.2, 0.25) is 5.91 Å². The molecule has 1 amide bonds. The second-order valence-electron chi connectivity index (χ2n) is 22.9. The van der Waals surface area contributed by atoms with Gasteiger partial charge in [0.15, 0.2) is 0 Å². The molecule has 0 saturated heterocycles. The summed E-state index contributed by atoms with van der Waals surface area (Å²) in [6.07, 6.45) is 78.4. The lowest BCUT2D eigenvalue weighted by molar-refractivity contribution is -0.870. The van der Waals surface area contributed by atoms with Crippen LogP contribution in [0.3, 0.4) is 0 Å². The first-order chi connectivity index (χ1) is 38.4. The molecule has 2 N–H and O–H groups in total. The number of quaternary nitrogens is 1. The van der Waals surface area contributed by atoms with E-state index in [0.29, 0.717) is 23.9 Å². The maximum atomic E-state index is 13.6. The summed E-state index contributed by atoms with van der Waals surface area (Å²) in [5.74, 6) is -0.557. The third-order valence-corrected chi connectivity index (χ3v) is 15.0. The van der Waals surface area contributed by atoms with Gasteiger partial charge in [-0.3, -0.25) is 18.6 Å². The number of nitrogens with one attached hydrogen (secondary N) is 1. The van der Waals surface area contributed by atoms with Crippen LogP contribution in [0.2, 0.25) is 0 Å². The first-order valence-electron chi connectivity index (χ1n) is 32.6. The topological polar surface area (TPSA) is 111 Å². The number of rotatable bonds is 58. The van der Waals surface area contributed by atoms with Gasteiger partial charge in [0.05, 0.1) is 33.8 Å². The fourth-order valence-corrected chi connectivity index (χ4v) is 9.73. The van der Waals surface area contributed by atoms with E-state index in [1.807, 2.05) is 33.3 Å². The van der Waals surface area contributed by atoms with Gasteiger partial charge in [0.25, 0.3) is 0 Å². The Bertz CT molecular complexity index is 1670. The zero-order chi connectivity index (χ0) is 57.9. The molecule has 456 valence electrons. The molecular weight excluding hydrogens is 1000 g/mol. The molecule has 0 aliphatic rings. The first kappa shape index (κ1) is 75.9. The molecule has 0 fully saturated rings. The number of hydrogen-bond donors (Lipinski definition) is 2. The van der Waals surface area contributed by atoms with Crippen LogP contribution in [-0.2, 0) is 27.9 Å². The summed E-state index contributed by atoms with van der Waals surface area (Å²) in [4.78, 5) is 37.7. The van der Waals surface area contributed by atoms with Crippen LogP contribution in [0.1, 0.15) is 278 Å². The molecule has 0 bridgehead atoms. The van der Waals surface area contributed by atoms with Crippen molar-refractivity contribution >= 4 is 19.7 Å². The van der Waals surface area contributed by atoms with Gasteiger partial charge < -0.3 is 19.4 Å². The van der Waals surface area contributed by atoms with Crippen molar-refractivity contribution in [3.63, 3.8) is 0 Å². The number of phosphoric ester groups is 1. The van der Waals surface area contributed by atoms with E-state index in [1.54, 1.807) is 0 Å². The normalized spacial score (nSPS) is 14.3. The minimum absolute atomic E-state index is 0.0292. The highest BCUT2D eigenvalue weighted by Crippen LogP contribution is 2.43. The monoisotopic (exact) mass is 1120 g/mol. The van der Waals surface area contributed by atoms with Crippen molar-refractivity contribution in [3.05, 3.63) is 97.2 Å². The second kappa shape index (κ2) is 58.1. The summed E-state index contributed by atoms with van der Waals surface area (Å²) in [7, 11) is 1.46. The summed E-state index contributed by atoms with van der Waals surface area (Å²) in [5.41, 5.74) is 0. The molecule has 9 nitrogen and oxygen atoms in total. The highest BCUT2D eigenvalue weighted by atomic mass is 31.2. The molecule has 0 saturated carbocycles. The molecule has 79 heavy (non-hydrogen) atoms. The molecule has 0 heterocycles. The zero-order valence-corrected chi connectivity index (χ0v) is 53.0. The van der Waals surface area contributed by atoms with Gasteiger partial charge in [-0.25, -0.2) is 4.57 Å². The summed E-state index contributed by atoms with van der Waals surface area (Å²) in [6, 6.07) is -0.872. The van der Waals surface area contributed by atoms with Crippen LogP contribution in [0, 0.1) is 0 Å². The summed E-state index contributed by atoms with van der Waals surface area (Å²) < 4.78 is 30.7. The van der Waals surface area contributed by atoms with E-state index in [-0.39, 0.29) is 31.5 Å². The van der Waals surface area contributed by atoms with Gasteiger partial charge in [-0.2, -0.15) is 0 Å². The summed E-state index contributed by atoms with van der Waals surface area (Å²) in [5, 5.41) is 3.05. The Balaban J connectivity index is 5.23. The number of nitrogens with zero attached hydrogens (tertiary/aromatic N) is 1. The van der Waals surface area contributed by atoms with E-state index in [9.17, 15) is 19.0 Å². The number of amides is 1. The molecular formula is C69H124N2O7P+. The van der Waals surface area contributed by atoms with Crippen LogP contribution in [0.4, 0.5) is 0 Å². The molecule has 0 aliphatic heterocycles. The third kappa shape index (κ3) is 59.4. The van der Waals surface area contributed by atoms with Crippen molar-refractivity contribution in [1.29, 1.82) is 0 Å². The fourth-order valence-electron chi connectivity index (χ4n) is 9.00. The number of carbonyl (C=O) groups is 2. The molecule has 10 heteroatoms. The Morgan fingerprint density at radius 1 is 0.456 bits per heavy atom. The Morgan fingerprint density at radius 2 is 0.810 bits per heavy atom. The molecule has 0 rings (SSSR count). The molecule has 0 spiro atoms. The van der Waals surface area contributed by atoms with Crippen molar-refractivity contribution < 1.29 is 37.3 Å². The molecule has 3 unspecified atom stereocenters. The van der Waals surface area contributed by atoms with Crippen LogP contribution < -0.4 is 5.32 Å². The summed E-state index contributed by atoms with van der Waals surface area (Å²) in [6.45, 7) is 6.87.